The molecule has 1 aliphatic carbocycles. The van der Waals surface area contributed by atoms with Crippen molar-refractivity contribution in [2.75, 3.05) is 14.1 Å². The van der Waals surface area contributed by atoms with Gasteiger partial charge >= 0.3 is 0 Å². The fourth-order valence-electron chi connectivity index (χ4n) is 4.22. The molecule has 27 heavy (non-hydrogen) atoms. The number of hydrogen-bond acceptors (Lipinski definition) is 2. The van der Waals surface area contributed by atoms with Gasteiger partial charge in [0.05, 0.1) is 5.60 Å². The highest BCUT2D eigenvalue weighted by Gasteiger charge is 2.42. The van der Waals surface area contributed by atoms with Crippen LogP contribution >= 0.6 is 12.4 Å². The highest BCUT2D eigenvalue weighted by atomic mass is 35.5. The third-order valence-corrected chi connectivity index (χ3v) is 6.23. The van der Waals surface area contributed by atoms with Crippen LogP contribution in [-0.2, 0) is 12.8 Å². The van der Waals surface area contributed by atoms with Crippen LogP contribution in [0.2, 0.25) is 0 Å². The maximum absolute atomic E-state index is 13.0. The van der Waals surface area contributed by atoms with Gasteiger partial charge in [-0.25, -0.2) is 4.39 Å². The van der Waals surface area contributed by atoms with E-state index >= 15 is 0 Å². The molecule has 0 heterocycles. The van der Waals surface area contributed by atoms with Crippen LogP contribution in [0.4, 0.5) is 4.39 Å². The lowest BCUT2D eigenvalue weighted by atomic mass is 9.69. The summed E-state index contributed by atoms with van der Waals surface area (Å²) < 4.78 is 13.0. The molecule has 1 saturated carbocycles. The SMILES string of the molecule is CN(C)C1(Cc2ccccc2)CCC(O)(CCc2ccc(F)cc2)CC1.Cl. The molecular weight excluding hydrogens is 361 g/mol. The zero-order chi connectivity index (χ0) is 18.6. The third kappa shape index (κ3) is 5.54. The van der Waals surface area contributed by atoms with Gasteiger partial charge in [-0.2, -0.15) is 0 Å². The van der Waals surface area contributed by atoms with E-state index in [0.717, 1.165) is 50.5 Å². The molecule has 0 aliphatic heterocycles. The quantitative estimate of drug-likeness (QED) is 0.746. The summed E-state index contributed by atoms with van der Waals surface area (Å²) >= 11 is 0. The highest BCUT2D eigenvalue weighted by Crippen LogP contribution is 2.41. The molecule has 0 unspecified atom stereocenters. The highest BCUT2D eigenvalue weighted by molar-refractivity contribution is 5.85. The topological polar surface area (TPSA) is 23.5 Å². The minimum absolute atomic E-state index is 0. The van der Waals surface area contributed by atoms with E-state index in [1.807, 2.05) is 12.1 Å². The number of halogens is 2. The minimum atomic E-state index is -0.607. The Morgan fingerprint density at radius 3 is 2.04 bits per heavy atom. The maximum atomic E-state index is 13.0. The Bertz CT molecular complexity index is 694. The van der Waals surface area contributed by atoms with E-state index < -0.39 is 5.60 Å². The zero-order valence-corrected chi connectivity index (χ0v) is 17.1. The van der Waals surface area contributed by atoms with E-state index in [1.54, 1.807) is 0 Å². The number of benzene rings is 2. The largest absolute Gasteiger partial charge is 0.390 e. The second kappa shape index (κ2) is 9.18. The molecule has 0 bridgehead atoms. The fraction of sp³-hybridized carbons (Fsp3) is 0.478. The Morgan fingerprint density at radius 2 is 1.48 bits per heavy atom. The number of likely N-dealkylation sites (N-methyl/N-ethyl adjacent to an activating group) is 1. The molecular formula is C23H31ClFNO. The average molecular weight is 392 g/mol. The van der Waals surface area contributed by atoms with Crippen molar-refractivity contribution in [3.63, 3.8) is 0 Å². The van der Waals surface area contributed by atoms with Gasteiger partial charge < -0.3 is 10.0 Å². The molecule has 2 aromatic carbocycles. The Morgan fingerprint density at radius 1 is 0.889 bits per heavy atom. The summed E-state index contributed by atoms with van der Waals surface area (Å²) in [6, 6.07) is 17.3. The molecule has 0 radical (unpaired) electrons. The van der Waals surface area contributed by atoms with E-state index in [4.69, 9.17) is 0 Å². The van der Waals surface area contributed by atoms with Gasteiger partial charge in [-0.1, -0.05) is 42.5 Å². The molecule has 0 aromatic heterocycles. The molecule has 3 rings (SSSR count). The second-order valence-electron chi connectivity index (χ2n) is 8.13. The summed E-state index contributed by atoms with van der Waals surface area (Å²) in [5, 5.41) is 11.1. The van der Waals surface area contributed by atoms with E-state index in [1.165, 1.54) is 17.7 Å². The maximum Gasteiger partial charge on any atom is 0.123 e. The van der Waals surface area contributed by atoms with Crippen LogP contribution in [0.25, 0.3) is 0 Å². The number of aryl methyl sites for hydroxylation is 1. The first kappa shape index (κ1) is 21.9. The molecule has 1 aliphatic rings. The summed E-state index contributed by atoms with van der Waals surface area (Å²) in [5.41, 5.74) is 1.96. The first-order valence-corrected chi connectivity index (χ1v) is 9.59. The predicted octanol–water partition coefficient (Wildman–Crippen LogP) is 5.03. The number of rotatable bonds is 6. The molecule has 1 fully saturated rings. The van der Waals surface area contributed by atoms with Crippen molar-refractivity contribution in [2.24, 2.45) is 0 Å². The van der Waals surface area contributed by atoms with Crippen molar-refractivity contribution < 1.29 is 9.50 Å². The number of hydrogen-bond donors (Lipinski definition) is 1. The molecule has 2 nitrogen and oxygen atoms in total. The normalized spacial score (nSPS) is 25.2. The lowest BCUT2D eigenvalue weighted by Crippen LogP contribution is -2.52. The minimum Gasteiger partial charge on any atom is -0.390 e. The summed E-state index contributed by atoms with van der Waals surface area (Å²) in [4.78, 5) is 2.35. The number of nitrogens with zero attached hydrogens (tertiary/aromatic N) is 1. The standard InChI is InChI=1S/C23H30FNO.ClH/c1-25(2)22(18-20-6-4-3-5-7-20)14-16-23(26,17-15-22)13-12-19-8-10-21(24)11-9-19;/h3-11,26H,12-18H2,1-2H3;1H. The molecule has 0 amide bonds. The van der Waals surface area contributed by atoms with Gasteiger partial charge in [0.15, 0.2) is 0 Å². The molecule has 0 spiro atoms. The molecule has 2 aromatic rings. The van der Waals surface area contributed by atoms with Crippen molar-refractivity contribution in [1.29, 1.82) is 0 Å². The summed E-state index contributed by atoms with van der Waals surface area (Å²) in [6.45, 7) is 0. The van der Waals surface area contributed by atoms with Crippen molar-refractivity contribution >= 4 is 12.4 Å². The van der Waals surface area contributed by atoms with Crippen molar-refractivity contribution in [1.82, 2.24) is 4.90 Å². The van der Waals surface area contributed by atoms with Gasteiger partial charge in [0.1, 0.15) is 5.82 Å². The Hall–Kier alpha value is -1.42. The van der Waals surface area contributed by atoms with E-state index in [0.29, 0.717) is 0 Å². The van der Waals surface area contributed by atoms with Crippen LogP contribution in [0.5, 0.6) is 0 Å². The van der Waals surface area contributed by atoms with Gasteiger partial charge in [-0.3, -0.25) is 0 Å². The van der Waals surface area contributed by atoms with Crippen LogP contribution < -0.4 is 0 Å². The van der Waals surface area contributed by atoms with Crippen molar-refractivity contribution in [3.05, 3.63) is 71.5 Å². The van der Waals surface area contributed by atoms with Crippen LogP contribution in [0, 0.1) is 5.82 Å². The van der Waals surface area contributed by atoms with E-state index in [9.17, 15) is 9.50 Å². The van der Waals surface area contributed by atoms with Crippen molar-refractivity contribution in [2.45, 2.75) is 56.1 Å². The predicted molar refractivity (Wildman–Crippen MR) is 112 cm³/mol. The Labute approximate surface area is 168 Å². The average Bonchev–Trinajstić information content (AvgIpc) is 2.64. The monoisotopic (exact) mass is 391 g/mol. The smallest absolute Gasteiger partial charge is 0.123 e. The van der Waals surface area contributed by atoms with Gasteiger partial charge in [0.2, 0.25) is 0 Å². The first-order valence-electron chi connectivity index (χ1n) is 9.59. The van der Waals surface area contributed by atoms with Crippen LogP contribution in [0.15, 0.2) is 54.6 Å². The third-order valence-electron chi connectivity index (χ3n) is 6.23. The van der Waals surface area contributed by atoms with Crippen LogP contribution in [-0.4, -0.2) is 35.2 Å². The summed E-state index contributed by atoms with van der Waals surface area (Å²) in [6.07, 6.45) is 6.19. The number of aliphatic hydroxyl groups is 1. The zero-order valence-electron chi connectivity index (χ0n) is 16.3. The van der Waals surface area contributed by atoms with E-state index in [-0.39, 0.29) is 23.8 Å². The molecule has 1 N–H and O–H groups in total. The van der Waals surface area contributed by atoms with Crippen LogP contribution in [0.1, 0.15) is 43.2 Å². The molecule has 0 saturated heterocycles. The fourth-order valence-corrected chi connectivity index (χ4v) is 4.22. The van der Waals surface area contributed by atoms with Crippen LogP contribution in [0.3, 0.4) is 0 Å². The molecule has 148 valence electrons. The first-order chi connectivity index (χ1) is 12.4. The summed E-state index contributed by atoms with van der Waals surface area (Å²) in [5.74, 6) is -0.207. The van der Waals surface area contributed by atoms with Gasteiger partial charge in [0.25, 0.3) is 0 Å². The second-order valence-corrected chi connectivity index (χ2v) is 8.13. The lowest BCUT2D eigenvalue weighted by Gasteiger charge is -2.48. The van der Waals surface area contributed by atoms with E-state index in [2.05, 4.69) is 49.3 Å². The summed E-state index contributed by atoms with van der Waals surface area (Å²) in [7, 11) is 4.32. The van der Waals surface area contributed by atoms with Gasteiger partial charge in [-0.15, -0.1) is 12.4 Å². The van der Waals surface area contributed by atoms with Gasteiger partial charge in [0, 0.05) is 5.54 Å². The Kier molecular flexibility index (Phi) is 7.44. The van der Waals surface area contributed by atoms with Crippen molar-refractivity contribution in [3.8, 4) is 0 Å². The van der Waals surface area contributed by atoms with Gasteiger partial charge in [-0.05, 0) is 82.3 Å². The lowest BCUT2D eigenvalue weighted by molar-refractivity contribution is -0.0490. The molecule has 4 heteroatoms. The molecule has 0 atom stereocenters. The Balaban J connectivity index is 0.00000261.